The Morgan fingerprint density at radius 1 is 0.596 bits per heavy atom. The molecule has 0 bridgehead atoms. The fraction of sp³-hybridized carbons (Fsp3) is 0.854. The topological polar surface area (TPSA) is 155 Å². The lowest BCUT2D eigenvalue weighted by Crippen LogP contribution is -2.34. The SMILES string of the molecule is CCCC/C=C\CCCCCCCC(=O)OC(COCCCCCCCCCC/C=C\CCCCCCCCC)COP(=O)(O)OCC(N)C(=O)O. The summed E-state index contributed by atoms with van der Waals surface area (Å²) in [6.07, 6.45) is 39.5. The van der Waals surface area contributed by atoms with Crippen molar-refractivity contribution in [1.82, 2.24) is 0 Å². The lowest BCUT2D eigenvalue weighted by atomic mass is 10.1. The van der Waals surface area contributed by atoms with Crippen molar-refractivity contribution in [1.29, 1.82) is 0 Å². The Hall–Kier alpha value is -1.55. The molecule has 0 aromatic carbocycles. The Labute approximate surface area is 317 Å². The van der Waals surface area contributed by atoms with E-state index in [0.717, 1.165) is 57.8 Å². The standard InChI is InChI=1S/C41H78NO9P/c1-3-5-7-9-11-13-15-16-17-18-19-20-21-22-24-26-28-30-32-34-48-35-38(36-49-52(46,47)50-37-39(42)41(44)45)51-40(43)33-31-29-27-25-23-14-12-10-8-6-4-2/h10,12,17-18,38-39H,3-9,11,13-16,19-37,42H2,1-2H3,(H,44,45)(H,46,47)/b12-10-,18-17-. The summed E-state index contributed by atoms with van der Waals surface area (Å²) < 4.78 is 33.3. The molecule has 4 N–H and O–H groups in total. The number of ether oxygens (including phenoxy) is 2. The molecule has 10 nitrogen and oxygen atoms in total. The molecule has 0 spiro atoms. The highest BCUT2D eigenvalue weighted by molar-refractivity contribution is 7.47. The first kappa shape index (κ1) is 50.5. The first-order chi connectivity index (χ1) is 25.2. The van der Waals surface area contributed by atoms with Gasteiger partial charge in [0.15, 0.2) is 0 Å². The quantitative estimate of drug-likeness (QED) is 0.0238. The average molecular weight is 760 g/mol. The summed E-state index contributed by atoms with van der Waals surface area (Å²) in [6.45, 7) is 3.82. The van der Waals surface area contributed by atoms with E-state index in [2.05, 4.69) is 38.2 Å². The molecule has 0 aromatic heterocycles. The maximum atomic E-state index is 12.6. The summed E-state index contributed by atoms with van der Waals surface area (Å²) in [5, 5.41) is 8.87. The molecule has 0 rings (SSSR count). The van der Waals surface area contributed by atoms with Crippen LogP contribution in [0.1, 0.15) is 187 Å². The zero-order valence-electron chi connectivity index (χ0n) is 33.2. The molecule has 0 saturated heterocycles. The van der Waals surface area contributed by atoms with Gasteiger partial charge >= 0.3 is 19.8 Å². The number of phosphoric acid groups is 1. The van der Waals surface area contributed by atoms with Gasteiger partial charge in [-0.2, -0.15) is 0 Å². The van der Waals surface area contributed by atoms with E-state index in [1.165, 1.54) is 103 Å². The van der Waals surface area contributed by atoms with Crippen LogP contribution in [0.15, 0.2) is 24.3 Å². The Bertz CT molecular complexity index is 930. The molecule has 0 amide bonds. The number of aliphatic carboxylic acids is 1. The van der Waals surface area contributed by atoms with Gasteiger partial charge in [-0.25, -0.2) is 4.57 Å². The van der Waals surface area contributed by atoms with E-state index >= 15 is 0 Å². The molecule has 52 heavy (non-hydrogen) atoms. The second kappa shape index (κ2) is 37.8. The van der Waals surface area contributed by atoms with Crippen molar-refractivity contribution in [3.63, 3.8) is 0 Å². The third kappa shape index (κ3) is 36.8. The second-order valence-electron chi connectivity index (χ2n) is 14.1. The summed E-state index contributed by atoms with van der Waals surface area (Å²) in [7, 11) is -4.61. The van der Waals surface area contributed by atoms with Crippen molar-refractivity contribution in [3.8, 4) is 0 Å². The highest BCUT2D eigenvalue weighted by atomic mass is 31.2. The van der Waals surface area contributed by atoms with Crippen LogP contribution >= 0.6 is 7.82 Å². The smallest absolute Gasteiger partial charge is 0.472 e. The van der Waals surface area contributed by atoms with Crippen molar-refractivity contribution in [2.45, 2.75) is 199 Å². The number of hydrogen-bond donors (Lipinski definition) is 3. The number of carbonyl (C=O) groups excluding carboxylic acids is 1. The van der Waals surface area contributed by atoms with Crippen LogP contribution in [0, 0.1) is 0 Å². The van der Waals surface area contributed by atoms with Gasteiger partial charge in [-0.15, -0.1) is 0 Å². The average Bonchev–Trinajstić information content (AvgIpc) is 3.12. The molecular weight excluding hydrogens is 681 g/mol. The number of rotatable bonds is 40. The van der Waals surface area contributed by atoms with Gasteiger partial charge < -0.3 is 25.2 Å². The largest absolute Gasteiger partial charge is 0.480 e. The molecule has 3 unspecified atom stereocenters. The summed E-state index contributed by atoms with van der Waals surface area (Å²) in [5.74, 6) is -1.79. The number of nitrogens with two attached hydrogens (primary N) is 1. The van der Waals surface area contributed by atoms with E-state index in [1.54, 1.807) is 0 Å². The highest BCUT2D eigenvalue weighted by Gasteiger charge is 2.27. The van der Waals surface area contributed by atoms with Gasteiger partial charge in [-0.05, 0) is 57.8 Å². The van der Waals surface area contributed by atoms with Gasteiger partial charge in [-0.3, -0.25) is 18.6 Å². The van der Waals surface area contributed by atoms with Crippen molar-refractivity contribution < 1.29 is 42.7 Å². The summed E-state index contributed by atoms with van der Waals surface area (Å²) in [6, 6.07) is -1.47. The number of carboxylic acid groups (broad SMARTS) is 1. The predicted octanol–water partition coefficient (Wildman–Crippen LogP) is 11.1. The molecule has 11 heteroatoms. The molecule has 0 saturated carbocycles. The number of hydrogen-bond acceptors (Lipinski definition) is 8. The van der Waals surface area contributed by atoms with Crippen LogP contribution in [0.2, 0.25) is 0 Å². The number of esters is 1. The van der Waals surface area contributed by atoms with Crippen LogP contribution in [0.3, 0.4) is 0 Å². The molecule has 306 valence electrons. The van der Waals surface area contributed by atoms with E-state index in [9.17, 15) is 19.0 Å². The maximum Gasteiger partial charge on any atom is 0.472 e. The van der Waals surface area contributed by atoms with Gasteiger partial charge in [0.1, 0.15) is 12.1 Å². The second-order valence-corrected chi connectivity index (χ2v) is 15.6. The van der Waals surface area contributed by atoms with E-state index in [4.69, 9.17) is 29.4 Å². The normalized spacial score (nSPS) is 14.2. The highest BCUT2D eigenvalue weighted by Crippen LogP contribution is 2.43. The van der Waals surface area contributed by atoms with Crippen LogP contribution in [0.5, 0.6) is 0 Å². The third-order valence-electron chi connectivity index (χ3n) is 8.95. The van der Waals surface area contributed by atoms with Gasteiger partial charge in [0.05, 0.1) is 19.8 Å². The van der Waals surface area contributed by atoms with E-state index in [1.807, 2.05) is 0 Å². The zero-order valence-corrected chi connectivity index (χ0v) is 34.1. The molecule has 0 aliphatic heterocycles. The van der Waals surface area contributed by atoms with Crippen molar-refractivity contribution >= 4 is 19.8 Å². The first-order valence-corrected chi connectivity index (χ1v) is 22.4. The molecule has 0 aliphatic rings. The minimum atomic E-state index is -4.61. The molecular formula is C41H78NO9P. The predicted molar refractivity (Wildman–Crippen MR) is 212 cm³/mol. The Kier molecular flexibility index (Phi) is 36.6. The number of carboxylic acids is 1. The summed E-state index contributed by atoms with van der Waals surface area (Å²) >= 11 is 0. The van der Waals surface area contributed by atoms with Gasteiger partial charge in [0.25, 0.3) is 0 Å². The number of allylic oxidation sites excluding steroid dienone is 4. The van der Waals surface area contributed by atoms with Crippen LogP contribution in [0.4, 0.5) is 0 Å². The lowest BCUT2D eigenvalue weighted by Gasteiger charge is -2.20. The number of unbranched alkanes of at least 4 members (excludes halogenated alkanes) is 22. The molecule has 0 fully saturated rings. The summed E-state index contributed by atoms with van der Waals surface area (Å²) in [4.78, 5) is 33.4. The van der Waals surface area contributed by atoms with Crippen molar-refractivity contribution in [2.75, 3.05) is 26.4 Å². The summed E-state index contributed by atoms with van der Waals surface area (Å²) in [5.41, 5.74) is 5.34. The van der Waals surface area contributed by atoms with Crippen LogP contribution in [0.25, 0.3) is 0 Å². The Morgan fingerprint density at radius 3 is 1.52 bits per heavy atom. The Balaban J connectivity index is 4.20. The van der Waals surface area contributed by atoms with Gasteiger partial charge in [-0.1, -0.05) is 147 Å². The minimum absolute atomic E-state index is 0.0135. The van der Waals surface area contributed by atoms with Crippen LogP contribution in [-0.4, -0.2) is 60.5 Å². The molecule has 0 radical (unpaired) electrons. The molecule has 0 aliphatic carbocycles. The minimum Gasteiger partial charge on any atom is -0.480 e. The first-order valence-electron chi connectivity index (χ1n) is 20.9. The van der Waals surface area contributed by atoms with Crippen LogP contribution in [-0.2, 0) is 32.7 Å². The fourth-order valence-corrected chi connectivity index (χ4v) is 6.42. The number of carbonyl (C=O) groups is 2. The van der Waals surface area contributed by atoms with E-state index < -0.39 is 45.1 Å². The van der Waals surface area contributed by atoms with Crippen LogP contribution < -0.4 is 5.73 Å². The monoisotopic (exact) mass is 760 g/mol. The van der Waals surface area contributed by atoms with Crippen molar-refractivity contribution in [3.05, 3.63) is 24.3 Å². The maximum absolute atomic E-state index is 12.6. The molecule has 3 atom stereocenters. The van der Waals surface area contributed by atoms with Gasteiger partial charge in [0, 0.05) is 13.0 Å². The van der Waals surface area contributed by atoms with E-state index in [-0.39, 0.29) is 13.0 Å². The van der Waals surface area contributed by atoms with Gasteiger partial charge in [0.2, 0.25) is 0 Å². The molecule has 0 heterocycles. The lowest BCUT2D eigenvalue weighted by molar-refractivity contribution is -0.154. The zero-order chi connectivity index (χ0) is 38.4. The molecule has 0 aromatic rings. The van der Waals surface area contributed by atoms with E-state index in [0.29, 0.717) is 13.0 Å². The third-order valence-corrected chi connectivity index (χ3v) is 9.90. The fourth-order valence-electron chi connectivity index (χ4n) is 5.64. The number of phosphoric ester groups is 1. The Morgan fingerprint density at radius 2 is 1.02 bits per heavy atom. The van der Waals surface area contributed by atoms with Crippen molar-refractivity contribution in [2.24, 2.45) is 5.73 Å².